The lowest BCUT2D eigenvalue weighted by Crippen LogP contribution is -2.27. The molecule has 0 atom stereocenters. The van der Waals surface area contributed by atoms with E-state index in [1.165, 1.54) is 12.1 Å². The van der Waals surface area contributed by atoms with Crippen LogP contribution in [-0.2, 0) is 12.6 Å². The summed E-state index contributed by atoms with van der Waals surface area (Å²) in [7, 11) is 0. The van der Waals surface area contributed by atoms with Gasteiger partial charge in [0.1, 0.15) is 0 Å². The molecule has 21 heavy (non-hydrogen) atoms. The van der Waals surface area contributed by atoms with Crippen LogP contribution in [0.2, 0.25) is 0 Å². The quantitative estimate of drug-likeness (QED) is 0.851. The number of nitrogens with two attached hydrogens (primary N) is 1. The van der Waals surface area contributed by atoms with Gasteiger partial charge in [-0.15, -0.1) is 11.3 Å². The number of benzene rings is 1. The highest BCUT2D eigenvalue weighted by atomic mass is 32.1. The molecule has 0 unspecified atom stereocenters. The van der Waals surface area contributed by atoms with Gasteiger partial charge in [-0.1, -0.05) is 12.1 Å². The van der Waals surface area contributed by atoms with E-state index >= 15 is 0 Å². The van der Waals surface area contributed by atoms with Crippen molar-refractivity contribution in [3.05, 3.63) is 51.7 Å². The molecule has 0 saturated carbocycles. The van der Waals surface area contributed by atoms with Gasteiger partial charge < -0.3 is 11.1 Å². The summed E-state index contributed by atoms with van der Waals surface area (Å²) in [6.45, 7) is 0.342. The summed E-state index contributed by atoms with van der Waals surface area (Å²) < 4.78 is 38.2. The number of carbonyl (C=O) groups excluding carboxylic acids is 1. The fraction of sp³-hybridized carbons (Fsp3) is 0.214. The molecule has 0 aliphatic heterocycles. The van der Waals surface area contributed by atoms with Crippen molar-refractivity contribution in [3.8, 4) is 0 Å². The monoisotopic (exact) mass is 314 g/mol. The Labute approximate surface area is 123 Å². The van der Waals surface area contributed by atoms with Gasteiger partial charge in [0, 0.05) is 11.4 Å². The Balaban J connectivity index is 2.05. The van der Waals surface area contributed by atoms with Crippen molar-refractivity contribution in [3.63, 3.8) is 0 Å². The average molecular weight is 314 g/mol. The molecule has 112 valence electrons. The molecule has 0 fully saturated rings. The van der Waals surface area contributed by atoms with Crippen LogP contribution in [0.3, 0.4) is 0 Å². The van der Waals surface area contributed by atoms with E-state index in [2.05, 4.69) is 5.32 Å². The first-order valence-corrected chi connectivity index (χ1v) is 7.04. The number of carbonyl (C=O) groups is 1. The lowest BCUT2D eigenvalue weighted by Gasteiger charge is -2.13. The zero-order valence-corrected chi connectivity index (χ0v) is 11.7. The van der Waals surface area contributed by atoms with Crippen LogP contribution in [0.15, 0.2) is 35.7 Å². The fourth-order valence-corrected chi connectivity index (χ4v) is 2.57. The largest absolute Gasteiger partial charge is 0.418 e. The Morgan fingerprint density at radius 3 is 2.62 bits per heavy atom. The van der Waals surface area contributed by atoms with Crippen LogP contribution in [0, 0.1) is 0 Å². The third-order valence-corrected chi connectivity index (χ3v) is 3.83. The van der Waals surface area contributed by atoms with Crippen molar-refractivity contribution in [1.82, 2.24) is 5.32 Å². The molecule has 0 spiro atoms. The van der Waals surface area contributed by atoms with Crippen LogP contribution >= 0.6 is 11.3 Å². The lowest BCUT2D eigenvalue weighted by molar-refractivity contribution is -0.136. The van der Waals surface area contributed by atoms with Crippen LogP contribution < -0.4 is 11.1 Å². The second kappa shape index (κ2) is 6.17. The summed E-state index contributed by atoms with van der Waals surface area (Å²) in [6, 6.07) is 7.14. The number of hydrogen-bond acceptors (Lipinski definition) is 3. The number of amides is 1. The third-order valence-electron chi connectivity index (χ3n) is 2.89. The normalized spacial score (nSPS) is 11.4. The summed E-state index contributed by atoms with van der Waals surface area (Å²) in [4.78, 5) is 13.0. The first-order valence-electron chi connectivity index (χ1n) is 6.16. The highest BCUT2D eigenvalue weighted by Crippen LogP contribution is 2.34. The van der Waals surface area contributed by atoms with Crippen LogP contribution in [0.4, 0.5) is 18.9 Å². The predicted octanol–water partition coefficient (Wildman–Crippen LogP) is 3.32. The van der Waals surface area contributed by atoms with Gasteiger partial charge in [-0.25, -0.2) is 0 Å². The number of alkyl halides is 3. The molecule has 1 aromatic heterocycles. The van der Waals surface area contributed by atoms with Crippen LogP contribution in [0.25, 0.3) is 0 Å². The van der Waals surface area contributed by atoms with Crippen molar-refractivity contribution in [2.24, 2.45) is 0 Å². The first-order chi connectivity index (χ1) is 9.89. The van der Waals surface area contributed by atoms with E-state index in [1.54, 1.807) is 11.3 Å². The standard InChI is InChI=1S/C14H13F3N2OS/c15-14(16,17)11-5-1-4-10(12(11)18)13(20)19-7-6-9-3-2-8-21-9/h1-5,8H,6-7,18H2,(H,19,20). The van der Waals surface area contributed by atoms with Crippen molar-refractivity contribution in [2.75, 3.05) is 12.3 Å². The molecule has 0 saturated heterocycles. The summed E-state index contributed by atoms with van der Waals surface area (Å²) in [5.74, 6) is -0.602. The summed E-state index contributed by atoms with van der Waals surface area (Å²) in [5, 5.41) is 4.50. The molecular formula is C14H13F3N2OS. The highest BCUT2D eigenvalue weighted by Gasteiger charge is 2.34. The molecule has 1 aromatic carbocycles. The van der Waals surface area contributed by atoms with E-state index in [1.807, 2.05) is 17.5 Å². The topological polar surface area (TPSA) is 55.1 Å². The molecular weight excluding hydrogens is 301 g/mol. The van der Waals surface area contributed by atoms with Gasteiger partial charge in [0.25, 0.3) is 5.91 Å². The van der Waals surface area contributed by atoms with E-state index in [0.717, 1.165) is 10.9 Å². The lowest BCUT2D eigenvalue weighted by atomic mass is 10.1. The number of para-hydroxylation sites is 1. The van der Waals surface area contributed by atoms with Gasteiger partial charge in [0.2, 0.25) is 0 Å². The molecule has 0 aliphatic carbocycles. The maximum Gasteiger partial charge on any atom is 0.418 e. The molecule has 0 radical (unpaired) electrons. The maximum absolute atomic E-state index is 12.7. The molecule has 0 bridgehead atoms. The smallest absolute Gasteiger partial charge is 0.398 e. The van der Waals surface area contributed by atoms with E-state index in [4.69, 9.17) is 5.73 Å². The number of nitrogens with one attached hydrogen (secondary N) is 1. The minimum atomic E-state index is -4.57. The summed E-state index contributed by atoms with van der Waals surface area (Å²) in [5.41, 5.74) is 3.77. The molecule has 0 aliphatic rings. The van der Waals surface area contributed by atoms with E-state index in [9.17, 15) is 18.0 Å². The van der Waals surface area contributed by atoms with Gasteiger partial charge in [-0.2, -0.15) is 13.2 Å². The third kappa shape index (κ3) is 3.75. The minimum absolute atomic E-state index is 0.156. The number of thiophene rings is 1. The number of anilines is 1. The van der Waals surface area contributed by atoms with Gasteiger partial charge in [-0.3, -0.25) is 4.79 Å². The minimum Gasteiger partial charge on any atom is -0.398 e. The Hall–Kier alpha value is -2.02. The second-order valence-corrected chi connectivity index (χ2v) is 5.38. The van der Waals surface area contributed by atoms with Crippen molar-refractivity contribution < 1.29 is 18.0 Å². The number of rotatable bonds is 4. The molecule has 1 heterocycles. The molecule has 1 amide bonds. The number of halogens is 3. The fourth-order valence-electron chi connectivity index (χ4n) is 1.86. The Bertz CT molecular complexity index is 624. The summed E-state index contributed by atoms with van der Waals surface area (Å²) >= 11 is 1.55. The Kier molecular flexibility index (Phi) is 4.52. The van der Waals surface area contributed by atoms with Crippen molar-refractivity contribution >= 4 is 22.9 Å². The van der Waals surface area contributed by atoms with Gasteiger partial charge in [-0.05, 0) is 30.0 Å². The van der Waals surface area contributed by atoms with Crippen molar-refractivity contribution in [1.29, 1.82) is 0 Å². The summed E-state index contributed by atoms with van der Waals surface area (Å²) in [6.07, 6.45) is -3.94. The van der Waals surface area contributed by atoms with E-state index in [-0.39, 0.29) is 5.56 Å². The first kappa shape index (κ1) is 15.4. The van der Waals surface area contributed by atoms with E-state index in [0.29, 0.717) is 13.0 Å². The maximum atomic E-state index is 12.7. The van der Waals surface area contributed by atoms with E-state index < -0.39 is 23.3 Å². The predicted molar refractivity (Wildman–Crippen MR) is 76.2 cm³/mol. The molecule has 3 N–H and O–H groups in total. The molecule has 2 aromatic rings. The van der Waals surface area contributed by atoms with Crippen LogP contribution in [0.5, 0.6) is 0 Å². The molecule has 7 heteroatoms. The van der Waals surface area contributed by atoms with Gasteiger partial charge in [0.05, 0.1) is 16.8 Å². The highest BCUT2D eigenvalue weighted by molar-refractivity contribution is 7.09. The Morgan fingerprint density at radius 2 is 2.00 bits per heavy atom. The zero-order chi connectivity index (χ0) is 15.5. The molecule has 2 rings (SSSR count). The average Bonchev–Trinajstić information content (AvgIpc) is 2.90. The van der Waals surface area contributed by atoms with Gasteiger partial charge in [0.15, 0.2) is 0 Å². The number of nitrogen functional groups attached to an aromatic ring is 1. The SMILES string of the molecule is Nc1c(C(=O)NCCc2cccs2)cccc1C(F)(F)F. The Morgan fingerprint density at radius 1 is 1.24 bits per heavy atom. The molecule has 3 nitrogen and oxygen atoms in total. The second-order valence-electron chi connectivity index (χ2n) is 4.35. The van der Waals surface area contributed by atoms with Crippen LogP contribution in [0.1, 0.15) is 20.8 Å². The van der Waals surface area contributed by atoms with Crippen molar-refractivity contribution in [2.45, 2.75) is 12.6 Å². The number of hydrogen-bond donors (Lipinski definition) is 2. The van der Waals surface area contributed by atoms with Gasteiger partial charge >= 0.3 is 6.18 Å². The van der Waals surface area contributed by atoms with Crippen LogP contribution in [-0.4, -0.2) is 12.5 Å². The zero-order valence-electron chi connectivity index (χ0n) is 10.9.